The van der Waals surface area contributed by atoms with Gasteiger partial charge in [-0.2, -0.15) is 0 Å². The molecule has 0 heterocycles. The molecule has 8 nitrogen and oxygen atoms in total. The van der Waals surface area contributed by atoms with Gasteiger partial charge >= 0.3 is 6.09 Å². The van der Waals surface area contributed by atoms with E-state index in [1.54, 1.807) is 49.9 Å². The lowest BCUT2D eigenvalue weighted by molar-refractivity contribution is -0.141. The van der Waals surface area contributed by atoms with Gasteiger partial charge < -0.3 is 25.4 Å². The Kier molecular flexibility index (Phi) is 12.0. The normalized spacial score (nSPS) is 12.6. The van der Waals surface area contributed by atoms with E-state index in [-0.39, 0.29) is 18.1 Å². The maximum absolute atomic E-state index is 14.7. The van der Waals surface area contributed by atoms with Gasteiger partial charge in [0.05, 0.1) is 0 Å². The Hall–Kier alpha value is -4.33. The fraction of sp³-hybridized carbons (Fsp3) is 0.417. The van der Waals surface area contributed by atoms with Crippen LogP contribution in [-0.2, 0) is 20.7 Å². The summed E-state index contributed by atoms with van der Waals surface area (Å²) < 4.78 is 5.54. The molecule has 0 bridgehead atoms. The standard InChI is InChI=1S/C36H47N3O5/c1-8-9-12-22-39(34(42)30(38-35(43)44-36(5,6)7)23-27-18-20-28(40)21-19-27)32(31-25(3)15-13-16-26(31)4)33(41)37-29-17-11-10-14-24(29)2/h10-11,13-21,30,32,40H,8-9,12,22-23H2,1-7H3,(H,37,41)(H,38,43). The van der Waals surface area contributed by atoms with Crippen molar-refractivity contribution in [2.45, 2.75) is 91.8 Å². The first-order valence-corrected chi connectivity index (χ1v) is 15.3. The average molecular weight is 602 g/mol. The molecule has 3 rings (SSSR count). The van der Waals surface area contributed by atoms with E-state index in [9.17, 15) is 19.5 Å². The second-order valence-corrected chi connectivity index (χ2v) is 12.3. The van der Waals surface area contributed by atoms with Gasteiger partial charge in [-0.15, -0.1) is 0 Å². The van der Waals surface area contributed by atoms with Crippen molar-refractivity contribution in [1.29, 1.82) is 0 Å². The number of ether oxygens (including phenoxy) is 1. The molecular formula is C36H47N3O5. The highest BCUT2D eigenvalue weighted by atomic mass is 16.6. The van der Waals surface area contributed by atoms with Gasteiger partial charge in [-0.1, -0.05) is 68.3 Å². The van der Waals surface area contributed by atoms with Crippen molar-refractivity contribution in [2.24, 2.45) is 0 Å². The second kappa shape index (κ2) is 15.4. The minimum atomic E-state index is -1.03. The summed E-state index contributed by atoms with van der Waals surface area (Å²) in [6.45, 7) is 13.5. The van der Waals surface area contributed by atoms with Crippen LogP contribution in [0, 0.1) is 20.8 Å². The van der Waals surface area contributed by atoms with Crippen LogP contribution in [-0.4, -0.2) is 46.1 Å². The van der Waals surface area contributed by atoms with E-state index in [0.29, 0.717) is 18.7 Å². The first-order chi connectivity index (χ1) is 20.8. The van der Waals surface area contributed by atoms with E-state index < -0.39 is 29.7 Å². The number of aryl methyl sites for hydroxylation is 3. The Labute approximate surface area is 261 Å². The topological polar surface area (TPSA) is 108 Å². The van der Waals surface area contributed by atoms with Crippen LogP contribution in [0.15, 0.2) is 66.7 Å². The zero-order valence-electron chi connectivity index (χ0n) is 27.1. The number of hydrogen-bond acceptors (Lipinski definition) is 5. The summed E-state index contributed by atoms with van der Waals surface area (Å²) in [7, 11) is 0. The third-order valence-corrected chi connectivity index (χ3v) is 7.43. The Morgan fingerprint density at radius 1 is 0.864 bits per heavy atom. The molecule has 2 unspecified atom stereocenters. The van der Waals surface area contributed by atoms with Crippen LogP contribution in [0.4, 0.5) is 10.5 Å². The number of phenols is 1. The molecule has 0 fully saturated rings. The van der Waals surface area contributed by atoms with Gasteiger partial charge in [0.2, 0.25) is 5.91 Å². The fourth-order valence-corrected chi connectivity index (χ4v) is 5.22. The first-order valence-electron chi connectivity index (χ1n) is 15.3. The Bertz CT molecular complexity index is 1410. The highest BCUT2D eigenvalue weighted by Gasteiger charge is 2.37. The van der Waals surface area contributed by atoms with Crippen molar-refractivity contribution >= 4 is 23.6 Å². The number of alkyl carbamates (subject to hydrolysis) is 1. The fourth-order valence-electron chi connectivity index (χ4n) is 5.22. The van der Waals surface area contributed by atoms with Crippen molar-refractivity contribution in [3.05, 3.63) is 94.5 Å². The average Bonchev–Trinajstić information content (AvgIpc) is 2.94. The zero-order chi connectivity index (χ0) is 32.4. The molecule has 0 aliphatic carbocycles. The number of anilines is 1. The van der Waals surface area contributed by atoms with Crippen LogP contribution < -0.4 is 10.6 Å². The number of unbranched alkanes of at least 4 members (excludes halogenated alkanes) is 2. The van der Waals surface area contributed by atoms with Crippen LogP contribution >= 0.6 is 0 Å². The molecule has 3 N–H and O–H groups in total. The molecule has 0 saturated carbocycles. The molecule has 0 aromatic heterocycles. The number of carbonyl (C=O) groups is 3. The van der Waals surface area contributed by atoms with Gasteiger partial charge in [0, 0.05) is 18.7 Å². The predicted octanol–water partition coefficient (Wildman–Crippen LogP) is 7.15. The summed E-state index contributed by atoms with van der Waals surface area (Å²) in [5.41, 5.74) is 4.06. The van der Waals surface area contributed by atoms with Crippen molar-refractivity contribution in [3.8, 4) is 5.75 Å². The molecule has 236 valence electrons. The number of hydrogen-bond donors (Lipinski definition) is 3. The molecule has 44 heavy (non-hydrogen) atoms. The lowest BCUT2D eigenvalue weighted by Gasteiger charge is -2.36. The third kappa shape index (κ3) is 9.59. The SMILES string of the molecule is CCCCCN(C(=O)C(Cc1ccc(O)cc1)NC(=O)OC(C)(C)C)C(C(=O)Nc1ccccc1C)c1c(C)cccc1C. The quantitative estimate of drug-likeness (QED) is 0.191. The van der Waals surface area contributed by atoms with Crippen LogP contribution in [0.2, 0.25) is 0 Å². The highest BCUT2D eigenvalue weighted by molar-refractivity contribution is 5.99. The molecular weight excluding hydrogens is 554 g/mol. The van der Waals surface area contributed by atoms with E-state index in [1.165, 1.54) is 0 Å². The minimum absolute atomic E-state index is 0.0980. The number of carbonyl (C=O) groups excluding carboxylic acids is 3. The van der Waals surface area contributed by atoms with E-state index >= 15 is 0 Å². The van der Waals surface area contributed by atoms with E-state index in [1.807, 2.05) is 63.2 Å². The molecule has 2 atom stereocenters. The molecule has 8 heteroatoms. The molecule has 3 amide bonds. The van der Waals surface area contributed by atoms with Crippen molar-refractivity contribution in [1.82, 2.24) is 10.2 Å². The monoisotopic (exact) mass is 601 g/mol. The smallest absolute Gasteiger partial charge is 0.408 e. The number of para-hydroxylation sites is 1. The van der Waals surface area contributed by atoms with Gasteiger partial charge in [0.15, 0.2) is 0 Å². The van der Waals surface area contributed by atoms with Gasteiger partial charge in [-0.05, 0) is 94.0 Å². The number of aromatic hydroxyl groups is 1. The summed E-state index contributed by atoms with van der Waals surface area (Å²) >= 11 is 0. The number of benzene rings is 3. The van der Waals surface area contributed by atoms with Crippen molar-refractivity contribution in [2.75, 3.05) is 11.9 Å². The van der Waals surface area contributed by atoms with E-state index in [4.69, 9.17) is 4.74 Å². The Balaban J connectivity index is 2.13. The second-order valence-electron chi connectivity index (χ2n) is 12.3. The van der Waals surface area contributed by atoms with E-state index in [0.717, 1.165) is 40.7 Å². The highest BCUT2D eigenvalue weighted by Crippen LogP contribution is 2.31. The van der Waals surface area contributed by atoms with Gasteiger partial charge in [0.1, 0.15) is 23.4 Å². The molecule has 0 spiro atoms. The van der Waals surface area contributed by atoms with Crippen LogP contribution in [0.3, 0.4) is 0 Å². The third-order valence-electron chi connectivity index (χ3n) is 7.43. The summed E-state index contributed by atoms with van der Waals surface area (Å²) in [5, 5.41) is 15.7. The van der Waals surface area contributed by atoms with Crippen LogP contribution in [0.1, 0.15) is 80.8 Å². The van der Waals surface area contributed by atoms with Gasteiger partial charge in [-0.25, -0.2) is 4.79 Å². The zero-order valence-corrected chi connectivity index (χ0v) is 27.1. The molecule has 3 aromatic rings. The molecule has 3 aromatic carbocycles. The number of nitrogens with zero attached hydrogens (tertiary/aromatic N) is 1. The number of rotatable bonds is 12. The van der Waals surface area contributed by atoms with Gasteiger partial charge in [0.25, 0.3) is 5.91 Å². The Morgan fingerprint density at radius 2 is 1.48 bits per heavy atom. The van der Waals surface area contributed by atoms with Crippen molar-refractivity contribution in [3.63, 3.8) is 0 Å². The first kappa shape index (κ1) is 34.2. The van der Waals surface area contributed by atoms with Crippen LogP contribution in [0.5, 0.6) is 5.75 Å². The number of phenolic OH excluding ortho intramolecular Hbond substituents is 1. The van der Waals surface area contributed by atoms with Crippen molar-refractivity contribution < 1.29 is 24.2 Å². The Morgan fingerprint density at radius 3 is 2.07 bits per heavy atom. The number of amides is 3. The van der Waals surface area contributed by atoms with E-state index in [2.05, 4.69) is 17.6 Å². The summed E-state index contributed by atoms with van der Waals surface area (Å²) in [6, 6.07) is 17.9. The number of nitrogens with one attached hydrogen (secondary N) is 2. The summed E-state index contributed by atoms with van der Waals surface area (Å²) in [5.74, 6) is -0.629. The summed E-state index contributed by atoms with van der Waals surface area (Å²) in [6.07, 6.45) is 1.89. The predicted molar refractivity (Wildman–Crippen MR) is 175 cm³/mol. The van der Waals surface area contributed by atoms with Crippen LogP contribution in [0.25, 0.3) is 0 Å². The lowest BCUT2D eigenvalue weighted by atomic mass is 9.92. The largest absolute Gasteiger partial charge is 0.508 e. The molecule has 0 saturated heterocycles. The maximum Gasteiger partial charge on any atom is 0.408 e. The van der Waals surface area contributed by atoms with Gasteiger partial charge in [-0.3, -0.25) is 9.59 Å². The summed E-state index contributed by atoms with van der Waals surface area (Å²) in [4.78, 5) is 43.7. The minimum Gasteiger partial charge on any atom is -0.508 e. The maximum atomic E-state index is 14.7. The lowest BCUT2D eigenvalue weighted by Crippen LogP contribution is -2.53. The molecule has 0 aliphatic rings. The molecule has 0 aliphatic heterocycles. The molecule has 0 radical (unpaired) electrons.